The second kappa shape index (κ2) is 13.8. The molecule has 4 rings (SSSR count). The van der Waals surface area contributed by atoms with Crippen LogP contribution >= 0.6 is 20.7 Å². The maximum Gasteiger partial charge on any atom is 0.163 e. The fourth-order valence-electron chi connectivity index (χ4n) is 5.25. The zero-order chi connectivity index (χ0) is 26.0. The molecule has 0 N–H and O–H groups in total. The largest absolute Gasteiger partial charge is 0.294 e. The van der Waals surface area contributed by atoms with Gasteiger partial charge < -0.3 is 0 Å². The minimum Gasteiger partial charge on any atom is -0.294 e. The van der Waals surface area contributed by atoms with Gasteiger partial charge in [-0.2, -0.15) is 0 Å². The van der Waals surface area contributed by atoms with Gasteiger partial charge in [-0.15, -0.1) is 27.2 Å². The van der Waals surface area contributed by atoms with Crippen LogP contribution in [-0.2, 0) is 6.42 Å². The molecule has 1 saturated carbocycles. The smallest absolute Gasteiger partial charge is 0.163 e. The van der Waals surface area contributed by atoms with Gasteiger partial charge in [-0.25, -0.2) is 0 Å². The normalized spacial score (nSPS) is 25.5. The number of halogens is 1. The standard InChI is InChI=1S/C34H38INO/c1-4-27-7-5-9-33(19-27)34(37)21-28-13-16-31(17-14-28)32-15-10-25(2)26(3)22-35-23-30(20-32)12-11-29-8-6-18-36-24-29/h1,5-9,15,18-20,22,24,28,31H,10-14,16-17,21,23H2,2-3H3/b26-25+,30-20-,32-15+. The molecule has 2 aromatic rings. The number of allylic oxidation sites excluding steroid dienone is 6. The molecule has 0 saturated heterocycles. The molecule has 37 heavy (non-hydrogen) atoms. The van der Waals surface area contributed by atoms with Crippen molar-refractivity contribution in [2.75, 3.05) is 4.43 Å². The molecular formula is C34H38INO. The molecule has 1 aliphatic carbocycles. The Morgan fingerprint density at radius 2 is 1.95 bits per heavy atom. The second-order valence-corrected chi connectivity index (χ2v) is 12.8. The van der Waals surface area contributed by atoms with E-state index in [0.29, 0.717) is 18.3 Å². The number of terminal acetylenes is 1. The van der Waals surface area contributed by atoms with E-state index in [1.807, 2.05) is 42.7 Å². The van der Waals surface area contributed by atoms with Gasteiger partial charge in [0.2, 0.25) is 0 Å². The fourth-order valence-corrected chi connectivity index (χ4v) is 7.83. The predicted molar refractivity (Wildman–Crippen MR) is 165 cm³/mol. The first-order chi connectivity index (χ1) is 18.0. The van der Waals surface area contributed by atoms with Crippen molar-refractivity contribution in [1.82, 2.24) is 4.98 Å². The van der Waals surface area contributed by atoms with Crippen molar-refractivity contribution in [2.45, 2.75) is 65.2 Å². The number of hydrogen-bond acceptors (Lipinski definition) is 2. The monoisotopic (exact) mass is 603 g/mol. The van der Waals surface area contributed by atoms with Crippen molar-refractivity contribution in [3.8, 4) is 12.3 Å². The number of carbonyl (C=O) groups is 1. The van der Waals surface area contributed by atoms with E-state index in [1.54, 1.807) is 5.57 Å². The van der Waals surface area contributed by atoms with Gasteiger partial charge in [0.15, 0.2) is 5.78 Å². The molecule has 1 aromatic carbocycles. The Hall–Kier alpha value is -2.58. The van der Waals surface area contributed by atoms with Crippen molar-refractivity contribution in [3.63, 3.8) is 0 Å². The lowest BCUT2D eigenvalue weighted by Crippen LogP contribution is -2.19. The first kappa shape index (κ1) is 27.5. The van der Waals surface area contributed by atoms with Crippen LogP contribution in [0.2, 0.25) is 0 Å². The van der Waals surface area contributed by atoms with Crippen LogP contribution in [0.5, 0.6) is 0 Å². The summed E-state index contributed by atoms with van der Waals surface area (Å²) in [5, 5.41) is 0. The Morgan fingerprint density at radius 3 is 2.70 bits per heavy atom. The molecule has 0 spiro atoms. The molecule has 1 fully saturated rings. The van der Waals surface area contributed by atoms with E-state index in [4.69, 9.17) is 6.42 Å². The Morgan fingerprint density at radius 1 is 1.11 bits per heavy atom. The molecule has 0 bridgehead atoms. The minimum atomic E-state index is 0.0236. The van der Waals surface area contributed by atoms with Gasteiger partial charge in [-0.3, -0.25) is 9.78 Å². The van der Waals surface area contributed by atoms with Crippen LogP contribution in [0.25, 0.3) is 0 Å². The number of benzene rings is 1. The van der Waals surface area contributed by atoms with Crippen LogP contribution in [-0.4, -0.2) is 19.2 Å². The van der Waals surface area contributed by atoms with Crippen LogP contribution < -0.4 is 0 Å². The summed E-state index contributed by atoms with van der Waals surface area (Å²) in [7, 11) is 0. The second-order valence-electron chi connectivity index (χ2n) is 10.5. The minimum absolute atomic E-state index is 0.0236. The zero-order valence-corrected chi connectivity index (χ0v) is 24.3. The summed E-state index contributed by atoms with van der Waals surface area (Å²) in [5.74, 6) is 3.94. The van der Waals surface area contributed by atoms with E-state index >= 15 is 0 Å². The summed E-state index contributed by atoms with van der Waals surface area (Å²) in [6.07, 6.45) is 22.9. The van der Waals surface area contributed by atoms with Crippen molar-refractivity contribution < 1.29 is 4.79 Å². The van der Waals surface area contributed by atoms with Crippen molar-refractivity contribution in [3.05, 3.63) is 99.9 Å². The number of hydrogen-bond donors (Lipinski definition) is 0. The number of nitrogens with zero attached hydrogens (tertiary/aromatic N) is 1. The number of aryl methyl sites for hydroxylation is 1. The number of alkyl halides is 1. The molecule has 2 aliphatic rings. The maximum atomic E-state index is 12.9. The van der Waals surface area contributed by atoms with Gasteiger partial charge in [0.25, 0.3) is 0 Å². The van der Waals surface area contributed by atoms with E-state index in [9.17, 15) is 4.79 Å². The summed E-state index contributed by atoms with van der Waals surface area (Å²) >= 11 is 0.0236. The highest BCUT2D eigenvalue weighted by atomic mass is 127. The number of Topliss-reactive ketones (excluding diaryl/α,β-unsaturated/α-hetero) is 1. The van der Waals surface area contributed by atoms with E-state index in [2.05, 4.69) is 47.0 Å². The van der Waals surface area contributed by atoms with Crippen molar-refractivity contribution in [1.29, 1.82) is 0 Å². The lowest BCUT2D eigenvalue weighted by atomic mass is 9.75. The molecule has 192 valence electrons. The summed E-state index contributed by atoms with van der Waals surface area (Å²) in [6.45, 7) is 4.57. The van der Waals surface area contributed by atoms with Crippen LogP contribution in [0, 0.1) is 24.2 Å². The number of ketones is 1. The van der Waals surface area contributed by atoms with E-state index in [1.165, 1.54) is 39.6 Å². The number of pyridine rings is 1. The summed E-state index contributed by atoms with van der Waals surface area (Å²) in [4.78, 5) is 17.2. The fraction of sp³-hybridized carbons (Fsp3) is 0.382. The Bertz CT molecular complexity index is 1250. The molecule has 2 nitrogen and oxygen atoms in total. The topological polar surface area (TPSA) is 30.0 Å². The first-order valence-corrected chi connectivity index (χ1v) is 16.2. The van der Waals surface area contributed by atoms with Gasteiger partial charge in [-0.05, 0) is 110 Å². The molecule has 0 radical (unpaired) electrons. The summed E-state index contributed by atoms with van der Waals surface area (Å²) < 4.78 is 3.74. The Kier molecular flexibility index (Phi) is 10.3. The SMILES string of the molecule is C#Cc1cccc(C(=O)CC2CCC(C3=C/C/C(C)=C(\C)C=IC/C(CCc4cccnc4)=C\3)CC2)c1. The lowest BCUT2D eigenvalue weighted by Gasteiger charge is -2.30. The highest BCUT2D eigenvalue weighted by molar-refractivity contribution is 14.2. The molecule has 2 heterocycles. The van der Waals surface area contributed by atoms with E-state index < -0.39 is 0 Å². The number of carbonyl (C=O) groups excluding carboxylic acids is 1. The predicted octanol–water partition coefficient (Wildman–Crippen LogP) is 8.44. The number of aromatic nitrogens is 1. The third-order valence-corrected chi connectivity index (χ3v) is 10.6. The van der Waals surface area contributed by atoms with Gasteiger partial charge in [0.1, 0.15) is 0 Å². The number of rotatable bonds is 7. The third-order valence-electron chi connectivity index (χ3n) is 7.78. The van der Waals surface area contributed by atoms with E-state index in [-0.39, 0.29) is 26.5 Å². The van der Waals surface area contributed by atoms with Crippen LogP contribution in [0.1, 0.15) is 80.3 Å². The maximum absolute atomic E-state index is 12.9. The van der Waals surface area contributed by atoms with Gasteiger partial charge in [0, 0.05) is 34.4 Å². The third kappa shape index (κ3) is 8.20. The van der Waals surface area contributed by atoms with Crippen LogP contribution in [0.3, 0.4) is 0 Å². The quantitative estimate of drug-likeness (QED) is 0.138. The highest BCUT2D eigenvalue weighted by Gasteiger charge is 2.25. The molecule has 0 atom stereocenters. The highest BCUT2D eigenvalue weighted by Crippen LogP contribution is 2.37. The van der Waals surface area contributed by atoms with Crippen LogP contribution in [0.4, 0.5) is 0 Å². The van der Waals surface area contributed by atoms with Gasteiger partial charge in [0.05, 0.1) is 0 Å². The molecule has 3 heteroatoms. The molecular weight excluding hydrogens is 565 g/mol. The zero-order valence-electron chi connectivity index (χ0n) is 22.2. The van der Waals surface area contributed by atoms with Crippen molar-refractivity contribution >= 4 is 30.5 Å². The summed E-state index contributed by atoms with van der Waals surface area (Å²) in [5.41, 5.74) is 8.96. The Balaban J connectivity index is 1.43. The van der Waals surface area contributed by atoms with Gasteiger partial charge >= 0.3 is 0 Å². The van der Waals surface area contributed by atoms with Gasteiger partial charge in [-0.1, -0.05) is 47.4 Å². The van der Waals surface area contributed by atoms with E-state index in [0.717, 1.165) is 43.2 Å². The molecule has 1 aromatic heterocycles. The molecule has 0 amide bonds. The molecule has 1 aliphatic heterocycles. The summed E-state index contributed by atoms with van der Waals surface area (Å²) in [6, 6.07) is 11.7. The Labute approximate surface area is 233 Å². The first-order valence-electron chi connectivity index (χ1n) is 13.5. The average molecular weight is 604 g/mol. The van der Waals surface area contributed by atoms with Crippen LogP contribution in [0.15, 0.2) is 83.2 Å². The average Bonchev–Trinajstić information content (AvgIpc) is 2.94. The van der Waals surface area contributed by atoms with Crippen molar-refractivity contribution in [2.24, 2.45) is 11.8 Å². The lowest BCUT2D eigenvalue weighted by molar-refractivity contribution is 0.0946. The molecule has 0 unspecified atom stereocenters.